The first-order valence-corrected chi connectivity index (χ1v) is 11.9. The molecule has 1 aliphatic heterocycles. The van der Waals surface area contributed by atoms with Crippen molar-refractivity contribution >= 4 is 15.7 Å². The van der Waals surface area contributed by atoms with Crippen LogP contribution in [0.2, 0.25) is 0 Å². The molecular formula is C23H23FN2O5S. The molecule has 9 heteroatoms. The molecule has 1 atom stereocenters. The number of alkyl halides is 1. The molecule has 0 unspecified atom stereocenters. The van der Waals surface area contributed by atoms with Crippen molar-refractivity contribution in [3.05, 3.63) is 60.3 Å². The zero-order valence-corrected chi connectivity index (χ0v) is 18.5. The van der Waals surface area contributed by atoms with Crippen LogP contribution in [0.3, 0.4) is 0 Å². The standard InChI is InChI=1S/C23H23FN2O5S/c1-15(14-24)30-18-11-16(21-7-8-22(26-21)23-25-9-10-29-23)12-19(13-18)31-17-3-5-20(6-4-17)32(2,27)28/h3-8,11-13,15,26H,9-10,14H2,1-2H3/t15-/m0/s1. The first kappa shape index (κ1) is 21.9. The van der Waals surface area contributed by atoms with Crippen LogP contribution >= 0.6 is 0 Å². The van der Waals surface area contributed by atoms with Crippen LogP contribution in [0.15, 0.2) is 64.5 Å². The number of rotatable bonds is 8. The summed E-state index contributed by atoms with van der Waals surface area (Å²) < 4.78 is 53.5. The van der Waals surface area contributed by atoms with Crippen molar-refractivity contribution in [2.45, 2.75) is 17.9 Å². The predicted octanol–water partition coefficient (Wildman–Crippen LogP) is 4.39. The fourth-order valence-corrected chi connectivity index (χ4v) is 3.83. The Morgan fingerprint density at radius 1 is 1.06 bits per heavy atom. The number of ether oxygens (including phenoxy) is 3. The third kappa shape index (κ3) is 5.11. The van der Waals surface area contributed by atoms with Crippen molar-refractivity contribution in [1.29, 1.82) is 0 Å². The van der Waals surface area contributed by atoms with Gasteiger partial charge in [0.1, 0.15) is 42.3 Å². The van der Waals surface area contributed by atoms with E-state index in [0.29, 0.717) is 36.3 Å². The first-order valence-electron chi connectivity index (χ1n) is 10.0. The average molecular weight is 459 g/mol. The lowest BCUT2D eigenvalue weighted by Crippen LogP contribution is -2.13. The van der Waals surface area contributed by atoms with E-state index in [1.807, 2.05) is 18.2 Å². The van der Waals surface area contributed by atoms with E-state index in [-0.39, 0.29) is 4.90 Å². The molecular weight excluding hydrogens is 435 g/mol. The highest BCUT2D eigenvalue weighted by molar-refractivity contribution is 7.90. The molecule has 0 bridgehead atoms. The van der Waals surface area contributed by atoms with E-state index in [9.17, 15) is 12.8 Å². The summed E-state index contributed by atoms with van der Waals surface area (Å²) in [6.45, 7) is 2.20. The van der Waals surface area contributed by atoms with Crippen LogP contribution in [0.4, 0.5) is 4.39 Å². The van der Waals surface area contributed by atoms with E-state index in [1.165, 1.54) is 12.1 Å². The van der Waals surface area contributed by atoms with Gasteiger partial charge in [0.15, 0.2) is 9.84 Å². The molecule has 32 heavy (non-hydrogen) atoms. The molecule has 4 rings (SSSR count). The van der Waals surface area contributed by atoms with Crippen LogP contribution in [0.25, 0.3) is 11.3 Å². The van der Waals surface area contributed by atoms with Crippen molar-refractivity contribution in [2.24, 2.45) is 4.99 Å². The van der Waals surface area contributed by atoms with Crippen molar-refractivity contribution in [1.82, 2.24) is 4.98 Å². The SMILES string of the molecule is C[C@@H](CF)Oc1cc(Oc2ccc(S(C)(=O)=O)cc2)cc(-c2ccc(C3=NCCO3)[nH]2)c1. The molecule has 1 N–H and O–H groups in total. The van der Waals surface area contributed by atoms with E-state index in [4.69, 9.17) is 14.2 Å². The smallest absolute Gasteiger partial charge is 0.233 e. The molecule has 0 fully saturated rings. The van der Waals surface area contributed by atoms with E-state index in [1.54, 1.807) is 31.2 Å². The highest BCUT2D eigenvalue weighted by Crippen LogP contribution is 2.33. The number of aromatic amines is 1. The van der Waals surface area contributed by atoms with Crippen molar-refractivity contribution in [3.8, 4) is 28.5 Å². The summed E-state index contributed by atoms with van der Waals surface area (Å²) in [5.74, 6) is 1.93. The van der Waals surface area contributed by atoms with E-state index < -0.39 is 22.6 Å². The van der Waals surface area contributed by atoms with Gasteiger partial charge >= 0.3 is 0 Å². The summed E-state index contributed by atoms with van der Waals surface area (Å²) >= 11 is 0. The Morgan fingerprint density at radius 3 is 2.44 bits per heavy atom. The molecule has 2 heterocycles. The van der Waals surface area contributed by atoms with Crippen molar-refractivity contribution in [3.63, 3.8) is 0 Å². The quantitative estimate of drug-likeness (QED) is 0.541. The minimum absolute atomic E-state index is 0.204. The molecule has 0 radical (unpaired) electrons. The van der Waals surface area contributed by atoms with Gasteiger partial charge in [-0.2, -0.15) is 0 Å². The van der Waals surface area contributed by atoms with E-state index in [0.717, 1.165) is 23.2 Å². The molecule has 0 saturated heterocycles. The van der Waals surface area contributed by atoms with Gasteiger partial charge in [0, 0.05) is 23.6 Å². The maximum atomic E-state index is 13.0. The number of nitrogens with one attached hydrogen (secondary N) is 1. The summed E-state index contributed by atoms with van der Waals surface area (Å²) in [4.78, 5) is 7.79. The summed E-state index contributed by atoms with van der Waals surface area (Å²) in [5, 5.41) is 0. The molecule has 0 spiro atoms. The number of halogens is 1. The monoisotopic (exact) mass is 458 g/mol. The molecule has 7 nitrogen and oxygen atoms in total. The number of H-pyrrole nitrogens is 1. The van der Waals surface area contributed by atoms with Crippen molar-refractivity contribution in [2.75, 3.05) is 26.1 Å². The van der Waals surface area contributed by atoms with Gasteiger partial charge in [-0.15, -0.1) is 0 Å². The molecule has 1 aromatic heterocycles. The highest BCUT2D eigenvalue weighted by Gasteiger charge is 2.15. The maximum Gasteiger partial charge on any atom is 0.233 e. The Bertz CT molecular complexity index is 1240. The zero-order chi connectivity index (χ0) is 22.7. The second-order valence-electron chi connectivity index (χ2n) is 7.44. The number of aliphatic imine (C=N–C) groups is 1. The number of sulfone groups is 1. The molecule has 0 saturated carbocycles. The normalized spacial score (nSPS) is 14.5. The largest absolute Gasteiger partial charge is 0.488 e. The second kappa shape index (κ2) is 9.04. The van der Waals surface area contributed by atoms with E-state index in [2.05, 4.69) is 9.98 Å². The van der Waals surface area contributed by atoms with Gasteiger partial charge < -0.3 is 19.2 Å². The lowest BCUT2D eigenvalue weighted by molar-refractivity contribution is 0.182. The lowest BCUT2D eigenvalue weighted by Gasteiger charge is -2.15. The minimum atomic E-state index is -3.30. The van der Waals surface area contributed by atoms with Crippen LogP contribution in [0, 0.1) is 0 Å². The topological polar surface area (TPSA) is 90.0 Å². The van der Waals surface area contributed by atoms with Crippen LogP contribution in [0.1, 0.15) is 12.6 Å². The predicted molar refractivity (Wildman–Crippen MR) is 119 cm³/mol. The summed E-state index contributed by atoms with van der Waals surface area (Å²) in [6, 6.07) is 15.2. The first-order chi connectivity index (χ1) is 15.3. The van der Waals surface area contributed by atoms with Gasteiger partial charge in [-0.3, -0.25) is 0 Å². The minimum Gasteiger partial charge on any atom is -0.488 e. The van der Waals surface area contributed by atoms with Crippen LogP contribution in [0.5, 0.6) is 17.2 Å². The summed E-state index contributed by atoms with van der Waals surface area (Å²) in [6.07, 6.45) is 0.530. The molecule has 1 aliphatic rings. The molecule has 0 aliphatic carbocycles. The third-order valence-electron chi connectivity index (χ3n) is 4.74. The Morgan fingerprint density at radius 2 is 1.78 bits per heavy atom. The molecule has 168 valence electrons. The number of benzene rings is 2. The second-order valence-corrected chi connectivity index (χ2v) is 9.46. The third-order valence-corrected chi connectivity index (χ3v) is 5.86. The zero-order valence-electron chi connectivity index (χ0n) is 17.7. The van der Waals surface area contributed by atoms with Gasteiger partial charge in [0.05, 0.1) is 11.4 Å². The fraction of sp³-hybridized carbons (Fsp3) is 0.261. The summed E-state index contributed by atoms with van der Waals surface area (Å²) in [7, 11) is -3.30. The number of hydrogen-bond donors (Lipinski definition) is 1. The Balaban J connectivity index is 1.65. The molecule has 3 aromatic rings. The van der Waals surface area contributed by atoms with Crippen molar-refractivity contribution < 1.29 is 27.0 Å². The van der Waals surface area contributed by atoms with Crippen LogP contribution < -0.4 is 9.47 Å². The maximum absolute atomic E-state index is 13.0. The lowest BCUT2D eigenvalue weighted by atomic mass is 10.1. The molecule has 0 amide bonds. The van der Waals surface area contributed by atoms with Gasteiger partial charge in [-0.1, -0.05) is 0 Å². The highest BCUT2D eigenvalue weighted by atomic mass is 32.2. The Labute approximate surface area is 185 Å². The van der Waals surface area contributed by atoms with Crippen LogP contribution in [-0.4, -0.2) is 51.5 Å². The number of hydrogen-bond acceptors (Lipinski definition) is 6. The molecule has 2 aromatic carbocycles. The Kier molecular flexibility index (Phi) is 6.18. The van der Waals surface area contributed by atoms with E-state index >= 15 is 0 Å². The van der Waals surface area contributed by atoms with Gasteiger partial charge in [-0.05, 0) is 55.5 Å². The number of aromatic nitrogens is 1. The van der Waals surface area contributed by atoms with Gasteiger partial charge in [0.25, 0.3) is 0 Å². The Hall–Kier alpha value is -3.33. The summed E-state index contributed by atoms with van der Waals surface area (Å²) in [5.41, 5.74) is 2.31. The van der Waals surface area contributed by atoms with Gasteiger partial charge in [0.2, 0.25) is 5.90 Å². The average Bonchev–Trinajstić information content (AvgIpc) is 3.45. The van der Waals surface area contributed by atoms with Crippen LogP contribution in [-0.2, 0) is 14.6 Å². The van der Waals surface area contributed by atoms with Gasteiger partial charge in [-0.25, -0.2) is 17.8 Å². The fourth-order valence-electron chi connectivity index (χ4n) is 3.20. The number of nitrogens with zero attached hydrogens (tertiary/aromatic N) is 1.